The van der Waals surface area contributed by atoms with Gasteiger partial charge in [0.05, 0.1) is 22.3 Å². The van der Waals surface area contributed by atoms with Gasteiger partial charge in [0, 0.05) is 27.9 Å². The Hall–Kier alpha value is -3.17. The second kappa shape index (κ2) is 7.92. The summed E-state index contributed by atoms with van der Waals surface area (Å²) in [7, 11) is 0. The average Bonchev–Trinajstić information content (AvgIpc) is 3.09. The van der Waals surface area contributed by atoms with Crippen molar-refractivity contribution in [1.82, 2.24) is 9.97 Å². The molecule has 1 aromatic carbocycles. The summed E-state index contributed by atoms with van der Waals surface area (Å²) in [5.41, 5.74) is 8.43. The summed E-state index contributed by atoms with van der Waals surface area (Å²) < 4.78 is 18.9. The van der Waals surface area contributed by atoms with Crippen LogP contribution in [0.4, 0.5) is 4.39 Å². The Kier molecular flexibility index (Phi) is 5.31. The molecule has 0 bridgehead atoms. The van der Waals surface area contributed by atoms with Gasteiger partial charge in [-0.1, -0.05) is 11.6 Å². The highest BCUT2D eigenvalue weighted by molar-refractivity contribution is 7.16. The van der Waals surface area contributed by atoms with Gasteiger partial charge in [-0.2, -0.15) is 0 Å². The van der Waals surface area contributed by atoms with E-state index < -0.39 is 5.82 Å². The van der Waals surface area contributed by atoms with Crippen LogP contribution < -0.4 is 5.73 Å². The Morgan fingerprint density at radius 1 is 1.37 bits per heavy atom. The molecule has 1 aliphatic rings. The van der Waals surface area contributed by atoms with E-state index in [0.29, 0.717) is 35.1 Å². The number of nitrogens with one attached hydrogen (secondary N) is 2. The summed E-state index contributed by atoms with van der Waals surface area (Å²) in [6, 6.07) is 5.60. The predicted molar refractivity (Wildman–Crippen MR) is 115 cm³/mol. The van der Waals surface area contributed by atoms with Gasteiger partial charge in [-0.05, 0) is 36.8 Å². The zero-order valence-corrected chi connectivity index (χ0v) is 17.3. The molecule has 1 unspecified atom stereocenters. The van der Waals surface area contributed by atoms with Crippen LogP contribution in [0.15, 0.2) is 35.5 Å². The number of rotatable bonds is 4. The Morgan fingerprint density at radius 3 is 2.93 bits per heavy atom. The fourth-order valence-electron chi connectivity index (χ4n) is 3.25. The highest BCUT2D eigenvalue weighted by Gasteiger charge is 2.26. The second-order valence-corrected chi connectivity index (χ2v) is 8.12. The molecule has 7 nitrogen and oxygen atoms in total. The molecule has 4 rings (SSSR count). The molecule has 1 atom stereocenters. The number of nitrogens with two attached hydrogens (primary N) is 1. The summed E-state index contributed by atoms with van der Waals surface area (Å²) in [6.45, 7) is 1.81. The molecule has 0 spiro atoms. The van der Waals surface area contributed by atoms with Crippen molar-refractivity contribution in [2.24, 2.45) is 10.7 Å². The van der Waals surface area contributed by atoms with Crippen molar-refractivity contribution in [2.75, 3.05) is 0 Å². The molecule has 0 radical (unpaired) electrons. The highest BCUT2D eigenvalue weighted by Crippen LogP contribution is 2.42. The van der Waals surface area contributed by atoms with E-state index in [-0.39, 0.29) is 17.5 Å². The van der Waals surface area contributed by atoms with Gasteiger partial charge in [0.25, 0.3) is 0 Å². The maximum absolute atomic E-state index is 14.1. The van der Waals surface area contributed by atoms with Crippen molar-refractivity contribution in [2.45, 2.75) is 19.4 Å². The quantitative estimate of drug-likeness (QED) is 0.412. The molecule has 0 amide bonds. The van der Waals surface area contributed by atoms with Gasteiger partial charge in [0.2, 0.25) is 5.90 Å². The molecule has 10 heteroatoms. The summed E-state index contributed by atoms with van der Waals surface area (Å²) in [6.07, 6.45) is 2.83. The number of aryl methyl sites for hydroxylation is 1. The molecule has 3 aromatic rings. The molecule has 4 N–H and O–H groups in total. The normalized spacial score (nSPS) is 15.3. The zero-order valence-electron chi connectivity index (χ0n) is 15.7. The number of ether oxygens (including phenoxy) is 1. The van der Waals surface area contributed by atoms with Crippen LogP contribution in [0.1, 0.15) is 33.6 Å². The molecule has 0 saturated heterocycles. The predicted octanol–water partition coefficient (Wildman–Crippen LogP) is 4.26. The van der Waals surface area contributed by atoms with Gasteiger partial charge in [0.15, 0.2) is 6.40 Å². The largest absolute Gasteiger partial charge is 0.428 e. The molecule has 152 valence electrons. The van der Waals surface area contributed by atoms with Gasteiger partial charge in [-0.25, -0.2) is 14.4 Å². The number of thiophene rings is 1. The van der Waals surface area contributed by atoms with Crippen LogP contribution in [-0.2, 0) is 11.2 Å². The zero-order chi connectivity index (χ0) is 21.4. The van der Waals surface area contributed by atoms with Crippen LogP contribution in [0.5, 0.6) is 0 Å². The number of hydrogen-bond donors (Lipinski definition) is 3. The molecule has 1 aliphatic heterocycles. The molecular formula is C20H16ClFN6OS. The molecule has 0 aliphatic carbocycles. The van der Waals surface area contributed by atoms with Gasteiger partial charge in [-0.3, -0.25) is 15.8 Å². The SMILES string of the molecule is Cc1ncc2c(n1)CC(c1sc(-c3cc(F)cc(C(=N)OC=N)c3)cc1Cl)N=C2N. The molecule has 0 fully saturated rings. The molecular weight excluding hydrogens is 427 g/mol. The third-order valence-corrected chi connectivity index (χ3v) is 6.29. The number of nitrogens with zero attached hydrogens (tertiary/aromatic N) is 3. The monoisotopic (exact) mass is 442 g/mol. The van der Waals surface area contributed by atoms with Crippen LogP contribution in [0.3, 0.4) is 0 Å². The first-order chi connectivity index (χ1) is 14.4. The Labute approximate surface area is 180 Å². The van der Waals surface area contributed by atoms with Gasteiger partial charge in [0.1, 0.15) is 17.5 Å². The molecule has 2 aromatic heterocycles. The summed E-state index contributed by atoms with van der Waals surface area (Å²) >= 11 is 7.88. The number of halogens is 2. The van der Waals surface area contributed by atoms with Gasteiger partial charge in [-0.15, -0.1) is 11.3 Å². The van der Waals surface area contributed by atoms with Crippen LogP contribution in [0, 0.1) is 23.6 Å². The third kappa shape index (κ3) is 3.81. The van der Waals surface area contributed by atoms with Crippen LogP contribution in [-0.4, -0.2) is 28.1 Å². The van der Waals surface area contributed by atoms with Crippen LogP contribution >= 0.6 is 22.9 Å². The third-order valence-electron chi connectivity index (χ3n) is 4.58. The Morgan fingerprint density at radius 2 is 2.17 bits per heavy atom. The number of fused-ring (bicyclic) bond motifs is 1. The first kappa shape index (κ1) is 20.1. The minimum atomic E-state index is -0.520. The molecule has 3 heterocycles. The standard InChI is InChI=1S/C20H16ClFN6OS/c1-9-26-7-13-15(27-9)6-16(28-19(13)24)18-14(21)5-17(30-18)10-2-11(4-12(22)3-10)20(25)29-8-23/h2-5,7-8,16,23,25H,6H2,1H3,(H2,24,28). The van der Waals surface area contributed by atoms with E-state index in [1.54, 1.807) is 18.3 Å². The van der Waals surface area contributed by atoms with E-state index in [2.05, 4.69) is 15.0 Å². The van der Waals surface area contributed by atoms with E-state index in [9.17, 15) is 4.39 Å². The number of amidine groups is 1. The molecule has 0 saturated carbocycles. The lowest BCUT2D eigenvalue weighted by Crippen LogP contribution is -2.24. The van der Waals surface area contributed by atoms with Gasteiger partial charge >= 0.3 is 0 Å². The topological polar surface area (TPSA) is 121 Å². The van der Waals surface area contributed by atoms with Crippen LogP contribution in [0.2, 0.25) is 5.02 Å². The maximum Gasteiger partial charge on any atom is 0.220 e. The van der Waals surface area contributed by atoms with E-state index in [0.717, 1.165) is 21.0 Å². The molecule has 30 heavy (non-hydrogen) atoms. The summed E-state index contributed by atoms with van der Waals surface area (Å²) in [5, 5.41) is 15.2. The lowest BCUT2D eigenvalue weighted by Gasteiger charge is -2.20. The van der Waals surface area contributed by atoms with Gasteiger partial charge < -0.3 is 10.5 Å². The number of aliphatic imine (C=N–C) groups is 1. The highest BCUT2D eigenvalue weighted by atomic mass is 35.5. The number of hydrogen-bond acceptors (Lipinski definition) is 8. The minimum Gasteiger partial charge on any atom is -0.428 e. The van der Waals surface area contributed by atoms with E-state index in [4.69, 9.17) is 32.9 Å². The Bertz CT molecular complexity index is 1210. The second-order valence-electron chi connectivity index (χ2n) is 6.63. The van der Waals surface area contributed by atoms with Crippen molar-refractivity contribution in [1.29, 1.82) is 10.8 Å². The van der Waals surface area contributed by atoms with Crippen molar-refractivity contribution in [3.63, 3.8) is 0 Å². The van der Waals surface area contributed by atoms with E-state index in [1.165, 1.54) is 23.5 Å². The minimum absolute atomic E-state index is 0.223. The average molecular weight is 443 g/mol. The smallest absolute Gasteiger partial charge is 0.220 e. The van der Waals surface area contributed by atoms with Crippen molar-refractivity contribution < 1.29 is 9.13 Å². The summed E-state index contributed by atoms with van der Waals surface area (Å²) in [4.78, 5) is 14.7. The fraction of sp³-hybridized carbons (Fsp3) is 0.150. The number of benzene rings is 1. The van der Waals surface area contributed by atoms with Crippen molar-refractivity contribution >= 4 is 41.1 Å². The lowest BCUT2D eigenvalue weighted by molar-refractivity contribution is 0.559. The number of aromatic nitrogens is 2. The van der Waals surface area contributed by atoms with Crippen molar-refractivity contribution in [3.05, 3.63) is 68.8 Å². The van der Waals surface area contributed by atoms with E-state index >= 15 is 0 Å². The lowest BCUT2D eigenvalue weighted by atomic mass is 10.0. The van der Waals surface area contributed by atoms with Crippen molar-refractivity contribution in [3.8, 4) is 10.4 Å². The first-order valence-electron chi connectivity index (χ1n) is 8.86. The van der Waals surface area contributed by atoms with E-state index in [1.807, 2.05) is 6.92 Å². The Balaban J connectivity index is 1.71. The summed E-state index contributed by atoms with van der Waals surface area (Å²) in [5.74, 6) is 0.178. The maximum atomic E-state index is 14.1. The fourth-order valence-corrected chi connectivity index (χ4v) is 4.74. The van der Waals surface area contributed by atoms with Crippen LogP contribution in [0.25, 0.3) is 10.4 Å². The first-order valence-corrected chi connectivity index (χ1v) is 10.1.